The molecule has 0 unspecified atom stereocenters. The molecule has 0 aliphatic carbocycles. The molecule has 6 nitrogen and oxygen atoms in total. The zero-order valence-electron chi connectivity index (χ0n) is 10.3. The summed E-state index contributed by atoms with van der Waals surface area (Å²) >= 11 is 0. The number of hydrogen-bond acceptors (Lipinski definition) is 6. The highest BCUT2D eigenvalue weighted by Gasteiger charge is 1.99. The average Bonchev–Trinajstić information content (AvgIpc) is 2.44. The van der Waals surface area contributed by atoms with Crippen LogP contribution in [0.4, 0.5) is 11.8 Å². The van der Waals surface area contributed by atoms with Crippen LogP contribution in [0.25, 0.3) is 0 Å². The second-order valence-electron chi connectivity index (χ2n) is 3.76. The molecule has 0 atom stereocenters. The second kappa shape index (κ2) is 6.48. The molecule has 2 aromatic heterocycles. The average molecular weight is 244 g/mol. The Balaban J connectivity index is 1.93. The third kappa shape index (κ3) is 3.65. The fourth-order valence-electron chi connectivity index (χ4n) is 1.39. The number of aromatic nitrogens is 4. The van der Waals surface area contributed by atoms with Crippen LogP contribution in [0.5, 0.6) is 0 Å². The van der Waals surface area contributed by atoms with E-state index in [1.54, 1.807) is 12.4 Å². The molecule has 2 heterocycles. The van der Waals surface area contributed by atoms with Gasteiger partial charge in [-0.05, 0) is 24.6 Å². The molecule has 0 aromatic carbocycles. The van der Waals surface area contributed by atoms with E-state index in [1.165, 1.54) is 0 Å². The SMILES string of the molecule is CCCNc1nccc(NCc2cccnn2)n1. The van der Waals surface area contributed by atoms with E-state index < -0.39 is 0 Å². The largest absolute Gasteiger partial charge is 0.364 e. The van der Waals surface area contributed by atoms with Gasteiger partial charge in [-0.1, -0.05) is 6.92 Å². The van der Waals surface area contributed by atoms with Gasteiger partial charge in [-0.25, -0.2) is 4.98 Å². The summed E-state index contributed by atoms with van der Waals surface area (Å²) in [4.78, 5) is 8.49. The maximum atomic E-state index is 4.34. The molecule has 0 saturated carbocycles. The number of nitrogens with one attached hydrogen (secondary N) is 2. The Morgan fingerprint density at radius 3 is 2.89 bits per heavy atom. The molecule has 2 aromatic rings. The van der Waals surface area contributed by atoms with E-state index in [2.05, 4.69) is 37.7 Å². The molecular formula is C12H16N6. The Morgan fingerprint density at radius 1 is 1.17 bits per heavy atom. The molecule has 2 N–H and O–H groups in total. The molecule has 0 saturated heterocycles. The van der Waals surface area contributed by atoms with Gasteiger partial charge in [0.05, 0.1) is 12.2 Å². The van der Waals surface area contributed by atoms with Crippen LogP contribution >= 0.6 is 0 Å². The van der Waals surface area contributed by atoms with Crippen LogP contribution < -0.4 is 10.6 Å². The first-order chi connectivity index (χ1) is 8.88. The van der Waals surface area contributed by atoms with Gasteiger partial charge in [0.15, 0.2) is 0 Å². The lowest BCUT2D eigenvalue weighted by atomic mass is 10.4. The zero-order chi connectivity index (χ0) is 12.6. The first-order valence-electron chi connectivity index (χ1n) is 5.96. The Morgan fingerprint density at radius 2 is 2.11 bits per heavy atom. The Hall–Kier alpha value is -2.24. The van der Waals surface area contributed by atoms with Crippen molar-refractivity contribution in [3.63, 3.8) is 0 Å². The van der Waals surface area contributed by atoms with E-state index in [0.29, 0.717) is 12.5 Å². The van der Waals surface area contributed by atoms with Gasteiger partial charge < -0.3 is 10.6 Å². The van der Waals surface area contributed by atoms with Crippen molar-refractivity contribution in [2.45, 2.75) is 19.9 Å². The molecule has 6 heteroatoms. The first kappa shape index (κ1) is 12.2. The minimum atomic E-state index is 0.595. The number of nitrogens with zero attached hydrogens (tertiary/aromatic N) is 4. The molecule has 0 fully saturated rings. The second-order valence-corrected chi connectivity index (χ2v) is 3.76. The molecule has 94 valence electrons. The van der Waals surface area contributed by atoms with E-state index in [-0.39, 0.29) is 0 Å². The van der Waals surface area contributed by atoms with Crippen LogP contribution in [-0.2, 0) is 6.54 Å². The van der Waals surface area contributed by atoms with E-state index >= 15 is 0 Å². The van der Waals surface area contributed by atoms with E-state index in [4.69, 9.17) is 0 Å². The van der Waals surface area contributed by atoms with Gasteiger partial charge in [0.2, 0.25) is 5.95 Å². The fraction of sp³-hybridized carbons (Fsp3) is 0.333. The maximum absolute atomic E-state index is 4.34. The summed E-state index contributed by atoms with van der Waals surface area (Å²) in [6.45, 7) is 3.56. The monoisotopic (exact) mass is 244 g/mol. The lowest BCUT2D eigenvalue weighted by molar-refractivity contribution is 0.915. The van der Waals surface area contributed by atoms with Crippen LogP contribution in [0.2, 0.25) is 0 Å². The lowest BCUT2D eigenvalue weighted by Crippen LogP contribution is -2.08. The van der Waals surface area contributed by atoms with Crippen molar-refractivity contribution in [1.29, 1.82) is 0 Å². The van der Waals surface area contributed by atoms with Crippen molar-refractivity contribution in [2.75, 3.05) is 17.2 Å². The highest BCUT2D eigenvalue weighted by atomic mass is 15.1. The summed E-state index contributed by atoms with van der Waals surface area (Å²) in [5.41, 5.74) is 0.874. The van der Waals surface area contributed by atoms with E-state index in [0.717, 1.165) is 24.5 Å². The molecule has 0 radical (unpaired) electrons. The lowest BCUT2D eigenvalue weighted by Gasteiger charge is -2.07. The van der Waals surface area contributed by atoms with Gasteiger partial charge >= 0.3 is 0 Å². The zero-order valence-corrected chi connectivity index (χ0v) is 10.3. The minimum absolute atomic E-state index is 0.595. The van der Waals surface area contributed by atoms with Crippen LogP contribution in [-0.4, -0.2) is 26.7 Å². The third-order valence-corrected chi connectivity index (χ3v) is 2.27. The van der Waals surface area contributed by atoms with E-state index in [1.807, 2.05) is 18.2 Å². The first-order valence-corrected chi connectivity index (χ1v) is 5.96. The predicted molar refractivity (Wildman–Crippen MR) is 70.2 cm³/mol. The third-order valence-electron chi connectivity index (χ3n) is 2.27. The number of hydrogen-bond donors (Lipinski definition) is 2. The molecule has 0 aliphatic rings. The molecule has 0 aliphatic heterocycles. The molecule has 18 heavy (non-hydrogen) atoms. The van der Waals surface area contributed by atoms with Gasteiger partial charge in [0, 0.05) is 18.9 Å². The Bertz CT molecular complexity index is 473. The summed E-state index contributed by atoms with van der Waals surface area (Å²) in [6, 6.07) is 5.60. The minimum Gasteiger partial charge on any atom is -0.364 e. The smallest absolute Gasteiger partial charge is 0.224 e. The van der Waals surface area contributed by atoms with Gasteiger partial charge in [-0.2, -0.15) is 15.2 Å². The summed E-state index contributed by atoms with van der Waals surface area (Å²) in [5.74, 6) is 1.41. The van der Waals surface area contributed by atoms with Crippen molar-refractivity contribution in [3.8, 4) is 0 Å². The highest BCUT2D eigenvalue weighted by Crippen LogP contribution is 2.06. The standard InChI is InChI=1S/C12H16N6/c1-2-6-13-12-14-8-5-11(17-12)15-9-10-4-3-7-16-18-10/h3-5,7-8H,2,6,9H2,1H3,(H2,13,14,15,17). The van der Waals surface area contributed by atoms with Gasteiger partial charge in [-0.3, -0.25) is 0 Å². The molecular weight excluding hydrogens is 228 g/mol. The highest BCUT2D eigenvalue weighted by molar-refractivity contribution is 5.39. The number of rotatable bonds is 6. The predicted octanol–water partition coefficient (Wildman–Crippen LogP) is 1.70. The maximum Gasteiger partial charge on any atom is 0.224 e. The van der Waals surface area contributed by atoms with Crippen LogP contribution in [0.3, 0.4) is 0 Å². The van der Waals surface area contributed by atoms with Crippen LogP contribution in [0.15, 0.2) is 30.6 Å². The topological polar surface area (TPSA) is 75.6 Å². The van der Waals surface area contributed by atoms with Crippen molar-refractivity contribution in [1.82, 2.24) is 20.2 Å². The molecule has 2 rings (SSSR count). The Kier molecular flexibility index (Phi) is 4.40. The van der Waals surface area contributed by atoms with Crippen LogP contribution in [0.1, 0.15) is 19.0 Å². The number of anilines is 2. The summed E-state index contributed by atoms with van der Waals surface area (Å²) in [5, 5.41) is 14.1. The van der Waals surface area contributed by atoms with Gasteiger partial charge in [-0.15, -0.1) is 0 Å². The molecule has 0 bridgehead atoms. The van der Waals surface area contributed by atoms with Gasteiger partial charge in [0.25, 0.3) is 0 Å². The van der Waals surface area contributed by atoms with Crippen LogP contribution in [0, 0.1) is 0 Å². The van der Waals surface area contributed by atoms with Crippen molar-refractivity contribution >= 4 is 11.8 Å². The molecule has 0 amide bonds. The summed E-state index contributed by atoms with van der Waals surface area (Å²) < 4.78 is 0. The van der Waals surface area contributed by atoms with Crippen molar-refractivity contribution < 1.29 is 0 Å². The summed E-state index contributed by atoms with van der Waals surface area (Å²) in [7, 11) is 0. The van der Waals surface area contributed by atoms with Crippen molar-refractivity contribution in [3.05, 3.63) is 36.3 Å². The molecule has 0 spiro atoms. The summed E-state index contributed by atoms with van der Waals surface area (Å²) in [6.07, 6.45) is 4.42. The Labute approximate surface area is 106 Å². The van der Waals surface area contributed by atoms with Crippen molar-refractivity contribution in [2.24, 2.45) is 0 Å². The van der Waals surface area contributed by atoms with Gasteiger partial charge in [0.1, 0.15) is 5.82 Å². The normalized spacial score (nSPS) is 10.1. The quantitative estimate of drug-likeness (QED) is 0.805. The van der Waals surface area contributed by atoms with E-state index in [9.17, 15) is 0 Å². The fourth-order valence-corrected chi connectivity index (χ4v) is 1.39.